The van der Waals surface area contributed by atoms with Crippen LogP contribution in [0, 0.1) is 5.92 Å². The van der Waals surface area contributed by atoms with E-state index in [1.807, 2.05) is 27.7 Å². The molecule has 102 valence electrons. The van der Waals surface area contributed by atoms with Gasteiger partial charge in [-0.05, 0) is 47.0 Å². The number of hydrogen-bond donors (Lipinski definition) is 1. The molecular weight excluding hydrogens is 232 g/mol. The number of allylic oxidation sites excluding steroid dienone is 1. The fourth-order valence-corrected chi connectivity index (χ4v) is 2.81. The van der Waals surface area contributed by atoms with Crippen LogP contribution < -0.4 is 0 Å². The van der Waals surface area contributed by atoms with E-state index in [1.54, 1.807) is 0 Å². The van der Waals surface area contributed by atoms with Crippen molar-refractivity contribution < 1.29 is 19.4 Å². The summed E-state index contributed by atoms with van der Waals surface area (Å²) in [5, 5.41) is 10.7. The number of Topliss-reactive ketones (excluding diaryl/α,β-unsaturated/α-hetero) is 1. The fraction of sp³-hybridized carbons (Fsp3) is 0.786. The zero-order valence-electron chi connectivity index (χ0n) is 11.5. The molecule has 2 aliphatic rings. The van der Waals surface area contributed by atoms with E-state index >= 15 is 0 Å². The Morgan fingerprint density at radius 1 is 1.22 bits per heavy atom. The summed E-state index contributed by atoms with van der Waals surface area (Å²) in [5.41, 5.74) is -1.13. The van der Waals surface area contributed by atoms with Crippen molar-refractivity contribution >= 4 is 5.78 Å². The van der Waals surface area contributed by atoms with E-state index in [0.717, 1.165) is 6.42 Å². The summed E-state index contributed by atoms with van der Waals surface area (Å²) < 4.78 is 11.3. The van der Waals surface area contributed by atoms with Crippen molar-refractivity contribution in [3.05, 3.63) is 11.5 Å². The lowest BCUT2D eigenvalue weighted by Gasteiger charge is -2.26. The van der Waals surface area contributed by atoms with Gasteiger partial charge in [-0.3, -0.25) is 4.79 Å². The third-order valence-corrected chi connectivity index (χ3v) is 3.47. The van der Waals surface area contributed by atoms with E-state index in [9.17, 15) is 9.90 Å². The SMILES string of the molecule is CC(C)OC1=C(OC(C)C)C2(O)CCCC2C1=O. The summed E-state index contributed by atoms with van der Waals surface area (Å²) >= 11 is 0. The van der Waals surface area contributed by atoms with Gasteiger partial charge in [-0.2, -0.15) is 0 Å². The van der Waals surface area contributed by atoms with Crippen LogP contribution in [0.5, 0.6) is 0 Å². The summed E-state index contributed by atoms with van der Waals surface area (Å²) in [4.78, 5) is 12.3. The van der Waals surface area contributed by atoms with Crippen molar-refractivity contribution in [1.82, 2.24) is 0 Å². The molecule has 2 rings (SSSR count). The molecule has 1 saturated carbocycles. The lowest BCUT2D eigenvalue weighted by atomic mass is 9.93. The van der Waals surface area contributed by atoms with Crippen molar-refractivity contribution in [2.24, 2.45) is 5.92 Å². The maximum absolute atomic E-state index is 12.3. The smallest absolute Gasteiger partial charge is 0.207 e. The first-order valence-corrected chi connectivity index (χ1v) is 6.71. The Kier molecular flexibility index (Phi) is 3.41. The van der Waals surface area contributed by atoms with E-state index < -0.39 is 5.60 Å². The van der Waals surface area contributed by atoms with Crippen LogP contribution >= 0.6 is 0 Å². The van der Waals surface area contributed by atoms with E-state index in [4.69, 9.17) is 9.47 Å². The first kappa shape index (κ1) is 13.4. The number of fused-ring (bicyclic) bond motifs is 1. The highest BCUT2D eigenvalue weighted by molar-refractivity contribution is 6.00. The van der Waals surface area contributed by atoms with Crippen LogP contribution in [0.1, 0.15) is 47.0 Å². The summed E-state index contributed by atoms with van der Waals surface area (Å²) in [6, 6.07) is 0. The molecule has 0 aromatic heterocycles. The Morgan fingerprint density at radius 2 is 1.83 bits per heavy atom. The summed E-state index contributed by atoms with van der Waals surface area (Å²) in [6.07, 6.45) is 1.97. The molecule has 18 heavy (non-hydrogen) atoms. The van der Waals surface area contributed by atoms with Gasteiger partial charge in [-0.1, -0.05) is 0 Å². The largest absolute Gasteiger partial charge is 0.488 e. The molecule has 2 aliphatic carbocycles. The number of carbonyl (C=O) groups is 1. The highest BCUT2D eigenvalue weighted by Crippen LogP contribution is 2.49. The monoisotopic (exact) mass is 254 g/mol. The van der Waals surface area contributed by atoms with Gasteiger partial charge < -0.3 is 14.6 Å². The minimum atomic E-state index is -1.13. The number of ether oxygens (including phenoxy) is 2. The standard InChI is InChI=1S/C14H22O4/c1-8(2)17-12-11(15)10-6-5-7-14(10,16)13(12)18-9(3)4/h8-10,16H,5-7H2,1-4H3. The van der Waals surface area contributed by atoms with Gasteiger partial charge in [-0.15, -0.1) is 0 Å². The van der Waals surface area contributed by atoms with E-state index in [0.29, 0.717) is 18.6 Å². The van der Waals surface area contributed by atoms with Crippen LogP contribution in [-0.2, 0) is 14.3 Å². The van der Waals surface area contributed by atoms with Crippen LogP contribution in [-0.4, -0.2) is 28.7 Å². The zero-order chi connectivity index (χ0) is 13.5. The molecule has 0 radical (unpaired) electrons. The molecule has 0 bridgehead atoms. The molecular formula is C14H22O4. The molecule has 0 saturated heterocycles. The zero-order valence-corrected chi connectivity index (χ0v) is 11.5. The van der Waals surface area contributed by atoms with Crippen LogP contribution in [0.25, 0.3) is 0 Å². The van der Waals surface area contributed by atoms with Crippen LogP contribution in [0.2, 0.25) is 0 Å². The summed E-state index contributed by atoms with van der Waals surface area (Å²) in [5.74, 6) is 0.129. The third-order valence-electron chi connectivity index (χ3n) is 3.47. The van der Waals surface area contributed by atoms with Crippen LogP contribution in [0.15, 0.2) is 11.5 Å². The van der Waals surface area contributed by atoms with Crippen LogP contribution in [0.3, 0.4) is 0 Å². The number of ketones is 1. The molecule has 2 unspecified atom stereocenters. The lowest BCUT2D eigenvalue weighted by Crippen LogP contribution is -2.35. The first-order valence-electron chi connectivity index (χ1n) is 6.71. The number of carbonyl (C=O) groups excluding carboxylic acids is 1. The topological polar surface area (TPSA) is 55.8 Å². The number of rotatable bonds is 4. The van der Waals surface area contributed by atoms with Crippen LogP contribution in [0.4, 0.5) is 0 Å². The van der Waals surface area contributed by atoms with Crippen molar-refractivity contribution in [3.63, 3.8) is 0 Å². The second-order valence-electron chi connectivity index (χ2n) is 5.72. The molecule has 0 amide bonds. The minimum absolute atomic E-state index is 0.0815. The Labute approximate surface area is 108 Å². The van der Waals surface area contributed by atoms with Crippen molar-refractivity contribution in [2.45, 2.75) is 64.8 Å². The Balaban J connectivity index is 2.39. The molecule has 1 fully saturated rings. The second-order valence-corrected chi connectivity index (χ2v) is 5.72. The molecule has 0 heterocycles. The maximum Gasteiger partial charge on any atom is 0.207 e. The van der Waals surface area contributed by atoms with Gasteiger partial charge in [0.25, 0.3) is 0 Å². The van der Waals surface area contributed by atoms with Crippen molar-refractivity contribution in [2.75, 3.05) is 0 Å². The molecule has 2 atom stereocenters. The maximum atomic E-state index is 12.3. The number of aliphatic hydroxyl groups is 1. The number of hydrogen-bond acceptors (Lipinski definition) is 4. The molecule has 0 aromatic rings. The third kappa shape index (κ3) is 2.03. The van der Waals surface area contributed by atoms with Gasteiger partial charge in [0, 0.05) is 0 Å². The highest BCUT2D eigenvalue weighted by atomic mass is 16.5. The van der Waals surface area contributed by atoms with E-state index in [1.165, 1.54) is 0 Å². The van der Waals surface area contributed by atoms with Crippen molar-refractivity contribution in [1.29, 1.82) is 0 Å². The van der Waals surface area contributed by atoms with Gasteiger partial charge in [-0.25, -0.2) is 0 Å². The van der Waals surface area contributed by atoms with E-state index in [2.05, 4.69) is 0 Å². The Morgan fingerprint density at radius 3 is 2.39 bits per heavy atom. The van der Waals surface area contributed by atoms with Crippen molar-refractivity contribution in [3.8, 4) is 0 Å². The molecule has 0 aromatic carbocycles. The second kappa shape index (κ2) is 4.57. The summed E-state index contributed by atoms with van der Waals surface area (Å²) in [7, 11) is 0. The predicted molar refractivity (Wildman–Crippen MR) is 66.8 cm³/mol. The summed E-state index contributed by atoms with van der Waals surface area (Å²) in [6.45, 7) is 7.50. The Bertz CT molecular complexity index is 383. The highest BCUT2D eigenvalue weighted by Gasteiger charge is 2.58. The molecule has 4 heteroatoms. The predicted octanol–water partition coefficient (Wildman–Crippen LogP) is 2.16. The molecule has 1 N–H and O–H groups in total. The van der Waals surface area contributed by atoms with Gasteiger partial charge in [0.2, 0.25) is 11.5 Å². The molecule has 4 nitrogen and oxygen atoms in total. The first-order chi connectivity index (χ1) is 8.36. The minimum Gasteiger partial charge on any atom is -0.488 e. The van der Waals surface area contributed by atoms with E-state index in [-0.39, 0.29) is 29.7 Å². The van der Waals surface area contributed by atoms with Gasteiger partial charge in [0.1, 0.15) is 5.60 Å². The average molecular weight is 254 g/mol. The lowest BCUT2D eigenvalue weighted by molar-refractivity contribution is -0.125. The van der Waals surface area contributed by atoms with Gasteiger partial charge in [0.05, 0.1) is 18.1 Å². The molecule has 0 aliphatic heterocycles. The quantitative estimate of drug-likeness (QED) is 0.835. The fourth-order valence-electron chi connectivity index (χ4n) is 2.81. The Hall–Kier alpha value is -1.03. The van der Waals surface area contributed by atoms with Gasteiger partial charge in [0.15, 0.2) is 5.76 Å². The van der Waals surface area contributed by atoms with Gasteiger partial charge >= 0.3 is 0 Å². The average Bonchev–Trinajstić information content (AvgIpc) is 2.71. The molecule has 0 spiro atoms. The normalized spacial score (nSPS) is 31.5.